The molecule has 19 heavy (non-hydrogen) atoms. The number of nitrogens with zero attached hydrogens (tertiary/aromatic N) is 1. The molecular weight excluding hydrogens is 260 g/mol. The molecule has 1 N–H and O–H groups in total. The molecule has 4 heteroatoms. The van der Waals surface area contributed by atoms with Gasteiger partial charge in [-0.2, -0.15) is 0 Å². The van der Waals surface area contributed by atoms with E-state index >= 15 is 0 Å². The molecule has 0 saturated heterocycles. The predicted molar refractivity (Wildman–Crippen MR) is 78.2 cm³/mol. The number of rotatable bonds is 2. The number of para-hydroxylation sites is 2. The number of alkyl halides is 1. The molecule has 1 aliphatic heterocycles. The molecule has 96 valence electrons. The van der Waals surface area contributed by atoms with E-state index in [1.165, 1.54) is 0 Å². The molecule has 3 nitrogen and oxygen atoms in total. The minimum Gasteiger partial charge on any atom is -0.496 e. The lowest BCUT2D eigenvalue weighted by atomic mass is 10.1. The summed E-state index contributed by atoms with van der Waals surface area (Å²) in [5.41, 5.74) is 2.50. The van der Waals surface area contributed by atoms with Crippen LogP contribution in [0.15, 0.2) is 53.5 Å². The number of aliphatic imine (C=N–C) groups is 1. The third-order valence-electron chi connectivity index (χ3n) is 3.08. The molecule has 0 amide bonds. The Morgan fingerprint density at radius 3 is 2.68 bits per heavy atom. The Kier molecular flexibility index (Phi) is 3.13. The van der Waals surface area contributed by atoms with Gasteiger partial charge in [0.05, 0.1) is 12.7 Å². The van der Waals surface area contributed by atoms with Crippen LogP contribution >= 0.6 is 11.6 Å². The highest BCUT2D eigenvalue weighted by Crippen LogP contribution is 2.34. The van der Waals surface area contributed by atoms with Crippen LogP contribution in [-0.4, -0.2) is 12.9 Å². The van der Waals surface area contributed by atoms with Gasteiger partial charge in [0.25, 0.3) is 0 Å². The maximum absolute atomic E-state index is 6.32. The molecule has 3 rings (SSSR count). The average Bonchev–Trinajstić information content (AvgIpc) is 2.47. The Bertz CT molecular complexity index is 640. The van der Waals surface area contributed by atoms with Gasteiger partial charge in [0.1, 0.15) is 11.6 Å². The van der Waals surface area contributed by atoms with Crippen molar-refractivity contribution in [2.45, 2.75) is 5.50 Å². The van der Waals surface area contributed by atoms with E-state index in [1.807, 2.05) is 48.5 Å². The summed E-state index contributed by atoms with van der Waals surface area (Å²) in [5.74, 6) is 1.51. The molecule has 1 aliphatic rings. The van der Waals surface area contributed by atoms with Crippen molar-refractivity contribution in [1.82, 2.24) is 0 Å². The van der Waals surface area contributed by atoms with Gasteiger partial charge in [0.2, 0.25) is 0 Å². The largest absolute Gasteiger partial charge is 0.496 e. The summed E-state index contributed by atoms with van der Waals surface area (Å²) in [6.45, 7) is 0. The highest BCUT2D eigenvalue weighted by Gasteiger charge is 2.21. The van der Waals surface area contributed by atoms with Gasteiger partial charge in [0, 0.05) is 11.3 Å². The number of ether oxygens (including phenoxy) is 1. The fourth-order valence-corrected chi connectivity index (χ4v) is 2.43. The van der Waals surface area contributed by atoms with Crippen LogP contribution in [0.2, 0.25) is 0 Å². The van der Waals surface area contributed by atoms with E-state index in [9.17, 15) is 0 Å². The minimum absolute atomic E-state index is 0.377. The van der Waals surface area contributed by atoms with E-state index in [0.717, 1.165) is 28.4 Å². The van der Waals surface area contributed by atoms with Crippen LogP contribution in [0, 0.1) is 0 Å². The van der Waals surface area contributed by atoms with Crippen LogP contribution < -0.4 is 10.1 Å². The monoisotopic (exact) mass is 272 g/mol. The molecule has 0 fully saturated rings. The van der Waals surface area contributed by atoms with Crippen molar-refractivity contribution in [1.29, 1.82) is 0 Å². The topological polar surface area (TPSA) is 33.6 Å². The first kappa shape index (κ1) is 12.1. The van der Waals surface area contributed by atoms with Gasteiger partial charge in [-0.15, -0.1) is 0 Å². The van der Waals surface area contributed by atoms with Crippen molar-refractivity contribution in [3.63, 3.8) is 0 Å². The van der Waals surface area contributed by atoms with Crippen molar-refractivity contribution in [2.24, 2.45) is 4.99 Å². The zero-order valence-corrected chi connectivity index (χ0v) is 11.2. The summed E-state index contributed by atoms with van der Waals surface area (Å²) in [6, 6.07) is 15.6. The zero-order chi connectivity index (χ0) is 13.2. The lowest BCUT2D eigenvalue weighted by molar-refractivity contribution is 0.414. The second-order valence-electron chi connectivity index (χ2n) is 4.23. The van der Waals surface area contributed by atoms with Crippen LogP contribution in [0.1, 0.15) is 16.6 Å². The number of amidine groups is 1. The van der Waals surface area contributed by atoms with Gasteiger partial charge in [-0.1, -0.05) is 41.9 Å². The molecule has 0 radical (unpaired) electrons. The number of fused-ring (bicyclic) bond motifs is 1. The van der Waals surface area contributed by atoms with Crippen molar-refractivity contribution in [2.75, 3.05) is 12.4 Å². The Hall–Kier alpha value is -2.00. The number of nitrogens with one attached hydrogen (secondary N) is 1. The lowest BCUT2D eigenvalue weighted by Gasteiger charge is -2.22. The number of halogens is 1. The van der Waals surface area contributed by atoms with Gasteiger partial charge in [-0.3, -0.25) is 0 Å². The van der Waals surface area contributed by atoms with Gasteiger partial charge >= 0.3 is 0 Å². The van der Waals surface area contributed by atoms with E-state index in [1.54, 1.807) is 7.11 Å². The second kappa shape index (κ2) is 4.94. The molecule has 0 aromatic heterocycles. The Morgan fingerprint density at radius 2 is 1.84 bits per heavy atom. The second-order valence-corrected chi connectivity index (χ2v) is 4.64. The van der Waals surface area contributed by atoms with E-state index in [2.05, 4.69) is 10.3 Å². The molecule has 0 aliphatic carbocycles. The third-order valence-corrected chi connectivity index (χ3v) is 3.41. The average molecular weight is 273 g/mol. The minimum atomic E-state index is -0.377. The summed E-state index contributed by atoms with van der Waals surface area (Å²) < 4.78 is 5.36. The number of hydrogen-bond acceptors (Lipinski definition) is 3. The fraction of sp³-hybridized carbons (Fsp3) is 0.133. The normalized spacial score (nSPS) is 17.2. The van der Waals surface area contributed by atoms with Crippen LogP contribution in [0.3, 0.4) is 0 Å². The molecule has 2 aromatic rings. The van der Waals surface area contributed by atoms with Crippen molar-refractivity contribution >= 4 is 23.1 Å². The number of methoxy groups -OCH3 is 1. The van der Waals surface area contributed by atoms with E-state index in [0.29, 0.717) is 0 Å². The highest BCUT2D eigenvalue weighted by molar-refractivity contribution is 6.24. The number of hydrogen-bond donors (Lipinski definition) is 1. The van der Waals surface area contributed by atoms with Gasteiger partial charge in [0.15, 0.2) is 5.50 Å². The van der Waals surface area contributed by atoms with E-state index in [4.69, 9.17) is 16.3 Å². The number of anilines is 1. The summed E-state index contributed by atoms with van der Waals surface area (Å²) >= 11 is 6.32. The SMILES string of the molecule is COc1ccccc1C1=NC(Cl)c2ccccc2N1. The molecule has 0 bridgehead atoms. The van der Waals surface area contributed by atoms with Crippen molar-refractivity contribution < 1.29 is 4.74 Å². The molecular formula is C15H13ClN2O. The summed E-state index contributed by atoms with van der Waals surface area (Å²) in [4.78, 5) is 4.49. The van der Waals surface area contributed by atoms with Crippen LogP contribution in [0.4, 0.5) is 5.69 Å². The summed E-state index contributed by atoms with van der Waals surface area (Å²) in [6.07, 6.45) is 0. The third kappa shape index (κ3) is 2.17. The molecule has 2 aromatic carbocycles. The molecule has 1 atom stereocenters. The Balaban J connectivity index is 2.04. The van der Waals surface area contributed by atoms with Crippen LogP contribution in [0.25, 0.3) is 0 Å². The van der Waals surface area contributed by atoms with Crippen LogP contribution in [-0.2, 0) is 0 Å². The quantitative estimate of drug-likeness (QED) is 0.666. The first-order chi connectivity index (χ1) is 9.29. The molecule has 1 unspecified atom stereocenters. The lowest BCUT2D eigenvalue weighted by Crippen LogP contribution is -2.20. The maximum Gasteiger partial charge on any atom is 0.153 e. The van der Waals surface area contributed by atoms with E-state index in [-0.39, 0.29) is 5.50 Å². The zero-order valence-electron chi connectivity index (χ0n) is 10.4. The fourth-order valence-electron chi connectivity index (χ4n) is 2.14. The predicted octanol–water partition coefficient (Wildman–Crippen LogP) is 3.80. The highest BCUT2D eigenvalue weighted by atomic mass is 35.5. The van der Waals surface area contributed by atoms with Crippen molar-refractivity contribution in [3.8, 4) is 5.75 Å². The summed E-state index contributed by atoms with van der Waals surface area (Å²) in [5, 5.41) is 3.30. The van der Waals surface area contributed by atoms with Gasteiger partial charge < -0.3 is 10.1 Å². The van der Waals surface area contributed by atoms with Gasteiger partial charge in [-0.25, -0.2) is 4.99 Å². The molecule has 1 heterocycles. The maximum atomic E-state index is 6.32. The Labute approximate surface area is 116 Å². The summed E-state index contributed by atoms with van der Waals surface area (Å²) in [7, 11) is 1.65. The Morgan fingerprint density at radius 1 is 1.11 bits per heavy atom. The molecule has 0 saturated carbocycles. The first-order valence-corrected chi connectivity index (χ1v) is 6.44. The van der Waals surface area contributed by atoms with Gasteiger partial charge in [-0.05, 0) is 18.2 Å². The first-order valence-electron chi connectivity index (χ1n) is 6.01. The number of benzene rings is 2. The van der Waals surface area contributed by atoms with Crippen LogP contribution in [0.5, 0.6) is 5.75 Å². The van der Waals surface area contributed by atoms with Crippen molar-refractivity contribution in [3.05, 3.63) is 59.7 Å². The van der Waals surface area contributed by atoms with E-state index < -0.39 is 0 Å². The standard InChI is InChI=1S/C15H13ClN2O/c1-19-13-9-5-3-7-11(13)15-17-12-8-4-2-6-10(12)14(16)18-15/h2-9,14H,1H3,(H,17,18). The smallest absolute Gasteiger partial charge is 0.153 e. The molecule has 0 spiro atoms.